The second kappa shape index (κ2) is 5.17. The highest BCUT2D eigenvalue weighted by molar-refractivity contribution is 5.84. The number of fused-ring (bicyclic) bond motifs is 1. The lowest BCUT2D eigenvalue weighted by Gasteiger charge is -2.11. The number of para-hydroxylation sites is 1. The van der Waals surface area contributed by atoms with Gasteiger partial charge in [-0.2, -0.15) is 4.68 Å². The average Bonchev–Trinajstić information content (AvgIpc) is 2.93. The number of hydrogen-bond donors (Lipinski definition) is 0. The second-order valence-electron chi connectivity index (χ2n) is 4.49. The molecule has 4 nitrogen and oxygen atoms in total. The molecular formula is C16H15N3O. The molecule has 0 atom stereocenters. The van der Waals surface area contributed by atoms with Crippen molar-refractivity contribution < 1.29 is 4.74 Å². The SMILES string of the molecule is CO/C(=C(/C)c1ccccc1)n1nnc2ccccc21. The van der Waals surface area contributed by atoms with Gasteiger partial charge in [0, 0.05) is 5.57 Å². The maximum Gasteiger partial charge on any atom is 0.219 e. The summed E-state index contributed by atoms with van der Waals surface area (Å²) in [5.41, 5.74) is 3.90. The van der Waals surface area contributed by atoms with E-state index in [0.717, 1.165) is 22.2 Å². The Morgan fingerprint density at radius 2 is 1.70 bits per heavy atom. The Kier molecular flexibility index (Phi) is 3.21. The van der Waals surface area contributed by atoms with E-state index in [1.54, 1.807) is 11.8 Å². The van der Waals surface area contributed by atoms with Gasteiger partial charge in [-0.1, -0.05) is 47.7 Å². The van der Waals surface area contributed by atoms with Crippen molar-refractivity contribution in [3.8, 4) is 0 Å². The van der Waals surface area contributed by atoms with Gasteiger partial charge in [-0.15, -0.1) is 5.10 Å². The first-order valence-corrected chi connectivity index (χ1v) is 6.42. The van der Waals surface area contributed by atoms with Crippen molar-refractivity contribution in [1.29, 1.82) is 0 Å². The van der Waals surface area contributed by atoms with E-state index in [1.165, 1.54) is 0 Å². The molecule has 20 heavy (non-hydrogen) atoms. The van der Waals surface area contributed by atoms with Crippen LogP contribution in [0.25, 0.3) is 22.5 Å². The highest BCUT2D eigenvalue weighted by Gasteiger charge is 2.12. The summed E-state index contributed by atoms with van der Waals surface area (Å²) < 4.78 is 7.29. The number of rotatable bonds is 3. The molecule has 0 unspecified atom stereocenters. The van der Waals surface area contributed by atoms with E-state index in [-0.39, 0.29) is 0 Å². The number of methoxy groups -OCH3 is 1. The normalized spacial score (nSPS) is 12.3. The van der Waals surface area contributed by atoms with Crippen LogP contribution in [0.2, 0.25) is 0 Å². The number of allylic oxidation sites excluding steroid dienone is 1. The van der Waals surface area contributed by atoms with Crippen molar-refractivity contribution in [2.45, 2.75) is 6.92 Å². The minimum Gasteiger partial charge on any atom is -0.481 e. The van der Waals surface area contributed by atoms with Crippen LogP contribution in [-0.4, -0.2) is 22.1 Å². The highest BCUT2D eigenvalue weighted by Crippen LogP contribution is 2.24. The highest BCUT2D eigenvalue weighted by atomic mass is 16.5. The maximum absolute atomic E-state index is 5.56. The Morgan fingerprint density at radius 1 is 1.00 bits per heavy atom. The summed E-state index contributed by atoms with van der Waals surface area (Å²) in [7, 11) is 1.65. The summed E-state index contributed by atoms with van der Waals surface area (Å²) in [5.74, 6) is 0.685. The van der Waals surface area contributed by atoms with Crippen LogP contribution < -0.4 is 0 Å². The molecule has 0 spiro atoms. The van der Waals surface area contributed by atoms with Crippen LogP contribution in [0.3, 0.4) is 0 Å². The molecule has 0 N–H and O–H groups in total. The van der Waals surface area contributed by atoms with Gasteiger partial charge < -0.3 is 4.74 Å². The summed E-state index contributed by atoms with van der Waals surface area (Å²) in [5, 5.41) is 8.36. The Morgan fingerprint density at radius 3 is 2.45 bits per heavy atom. The van der Waals surface area contributed by atoms with Crippen molar-refractivity contribution in [1.82, 2.24) is 15.0 Å². The molecule has 0 aliphatic rings. The molecule has 0 radical (unpaired) electrons. The van der Waals surface area contributed by atoms with E-state index in [9.17, 15) is 0 Å². The first kappa shape index (κ1) is 12.4. The molecule has 2 aromatic carbocycles. The summed E-state index contributed by atoms with van der Waals surface area (Å²) in [4.78, 5) is 0. The monoisotopic (exact) mass is 265 g/mol. The van der Waals surface area contributed by atoms with E-state index < -0.39 is 0 Å². The molecule has 0 aliphatic heterocycles. The van der Waals surface area contributed by atoms with Gasteiger partial charge >= 0.3 is 0 Å². The van der Waals surface area contributed by atoms with Crippen LogP contribution >= 0.6 is 0 Å². The van der Waals surface area contributed by atoms with Crippen molar-refractivity contribution in [3.63, 3.8) is 0 Å². The molecule has 0 saturated carbocycles. The Hall–Kier alpha value is -2.62. The quantitative estimate of drug-likeness (QED) is 0.681. The fourth-order valence-electron chi connectivity index (χ4n) is 2.23. The van der Waals surface area contributed by atoms with Crippen LogP contribution in [0.5, 0.6) is 0 Å². The van der Waals surface area contributed by atoms with Crippen LogP contribution in [0.1, 0.15) is 12.5 Å². The zero-order chi connectivity index (χ0) is 13.9. The lowest BCUT2D eigenvalue weighted by Crippen LogP contribution is -2.04. The van der Waals surface area contributed by atoms with Crippen molar-refractivity contribution in [2.24, 2.45) is 0 Å². The molecule has 0 aliphatic carbocycles. The van der Waals surface area contributed by atoms with Gasteiger partial charge in [0.25, 0.3) is 0 Å². The van der Waals surface area contributed by atoms with Crippen LogP contribution in [0.15, 0.2) is 54.6 Å². The summed E-state index contributed by atoms with van der Waals surface area (Å²) >= 11 is 0. The van der Waals surface area contributed by atoms with E-state index in [1.807, 2.05) is 61.5 Å². The van der Waals surface area contributed by atoms with E-state index in [4.69, 9.17) is 4.74 Å². The van der Waals surface area contributed by atoms with Gasteiger partial charge in [-0.25, -0.2) is 0 Å². The van der Waals surface area contributed by atoms with Gasteiger partial charge in [-0.3, -0.25) is 0 Å². The van der Waals surface area contributed by atoms with E-state index in [2.05, 4.69) is 10.3 Å². The Bertz CT molecular complexity index is 760. The van der Waals surface area contributed by atoms with Crippen LogP contribution in [0, 0.1) is 0 Å². The molecular weight excluding hydrogens is 250 g/mol. The standard InChI is InChI=1S/C16H15N3O/c1-12(13-8-4-3-5-9-13)16(20-2)19-15-11-7-6-10-14(15)17-18-19/h3-11H,1-2H3/b16-12-. The Labute approximate surface area is 117 Å². The zero-order valence-electron chi connectivity index (χ0n) is 11.4. The molecule has 3 aromatic rings. The molecule has 3 rings (SSSR count). The van der Waals surface area contributed by atoms with Crippen molar-refractivity contribution in [2.75, 3.05) is 7.11 Å². The van der Waals surface area contributed by atoms with Crippen molar-refractivity contribution in [3.05, 3.63) is 60.2 Å². The van der Waals surface area contributed by atoms with Gasteiger partial charge in [0.1, 0.15) is 5.52 Å². The molecule has 1 aromatic heterocycles. The number of aromatic nitrogens is 3. The van der Waals surface area contributed by atoms with Gasteiger partial charge in [-0.05, 0) is 24.6 Å². The van der Waals surface area contributed by atoms with E-state index in [0.29, 0.717) is 5.88 Å². The second-order valence-corrected chi connectivity index (χ2v) is 4.49. The molecule has 0 saturated heterocycles. The number of nitrogens with zero attached hydrogens (tertiary/aromatic N) is 3. The smallest absolute Gasteiger partial charge is 0.219 e. The first-order chi connectivity index (χ1) is 9.81. The minimum absolute atomic E-state index is 0.685. The molecule has 100 valence electrons. The minimum atomic E-state index is 0.685. The lowest BCUT2D eigenvalue weighted by atomic mass is 10.1. The molecule has 0 bridgehead atoms. The molecule has 0 fully saturated rings. The predicted octanol–water partition coefficient (Wildman–Crippen LogP) is 3.42. The third kappa shape index (κ3) is 2.05. The van der Waals surface area contributed by atoms with Crippen molar-refractivity contribution >= 4 is 22.5 Å². The fourth-order valence-corrected chi connectivity index (χ4v) is 2.23. The van der Waals surface area contributed by atoms with Crippen LogP contribution in [0.4, 0.5) is 0 Å². The predicted molar refractivity (Wildman–Crippen MR) is 79.8 cm³/mol. The third-order valence-electron chi connectivity index (χ3n) is 3.27. The topological polar surface area (TPSA) is 39.9 Å². The summed E-state index contributed by atoms with van der Waals surface area (Å²) in [6, 6.07) is 17.9. The first-order valence-electron chi connectivity index (χ1n) is 6.42. The fraction of sp³-hybridized carbons (Fsp3) is 0.125. The number of benzene rings is 2. The van der Waals surface area contributed by atoms with E-state index >= 15 is 0 Å². The Balaban J connectivity index is 2.19. The molecule has 1 heterocycles. The van der Waals surface area contributed by atoms with Gasteiger partial charge in [0.05, 0.1) is 12.6 Å². The zero-order valence-corrected chi connectivity index (χ0v) is 11.4. The maximum atomic E-state index is 5.56. The van der Waals surface area contributed by atoms with Gasteiger partial charge in [0.15, 0.2) is 0 Å². The lowest BCUT2D eigenvalue weighted by molar-refractivity contribution is 0.338. The molecule has 4 heteroatoms. The number of ether oxygens (including phenoxy) is 1. The number of hydrogen-bond acceptors (Lipinski definition) is 3. The molecule has 0 amide bonds. The van der Waals surface area contributed by atoms with Crippen LogP contribution in [-0.2, 0) is 4.74 Å². The third-order valence-corrected chi connectivity index (χ3v) is 3.27. The summed E-state index contributed by atoms with van der Waals surface area (Å²) in [6.07, 6.45) is 0. The van der Waals surface area contributed by atoms with Gasteiger partial charge in [0.2, 0.25) is 5.88 Å². The average molecular weight is 265 g/mol. The summed E-state index contributed by atoms with van der Waals surface area (Å²) in [6.45, 7) is 2.02. The largest absolute Gasteiger partial charge is 0.481 e.